The van der Waals surface area contributed by atoms with Crippen molar-refractivity contribution in [3.8, 4) is 5.75 Å². The van der Waals surface area contributed by atoms with Crippen molar-refractivity contribution in [1.82, 2.24) is 4.72 Å². The molecule has 1 aromatic heterocycles. The molecule has 2 aromatic carbocycles. The largest absolute Gasteiger partial charge is 0.423 e. The molecule has 2 aliphatic rings. The quantitative estimate of drug-likeness (QED) is 0.384. The lowest BCUT2D eigenvalue weighted by Crippen LogP contribution is -2.46. The van der Waals surface area contributed by atoms with Crippen LogP contribution in [0.1, 0.15) is 40.9 Å². The first kappa shape index (κ1) is 23.0. The number of hydrogen-bond acceptors (Lipinski definition) is 6. The standard InChI is InChI=1S/C25H25FN2O4S2/c26-22-9-3-1-7-20(22)25(29)32-18-13-11-17(12-14-18)28(16-19-6-5-15-33-19)24-21-8-2-4-10-23(21)34(30,31)27-24/h1,3,5-7,9,11-15,21,23-24,27H,2,4,8,10,16H2. The first-order valence-electron chi connectivity index (χ1n) is 11.3. The average molecular weight is 501 g/mol. The van der Waals surface area contributed by atoms with Crippen LogP contribution in [-0.4, -0.2) is 25.8 Å². The third-order valence-electron chi connectivity index (χ3n) is 6.56. The van der Waals surface area contributed by atoms with E-state index in [1.54, 1.807) is 29.5 Å². The van der Waals surface area contributed by atoms with E-state index in [-0.39, 0.29) is 28.6 Å². The number of fused-ring (bicyclic) bond motifs is 1. The van der Waals surface area contributed by atoms with E-state index in [0.717, 1.165) is 29.8 Å². The molecule has 0 bridgehead atoms. The third-order valence-corrected chi connectivity index (χ3v) is 9.37. The number of carbonyl (C=O) groups excluding carboxylic acids is 1. The number of hydrogen-bond donors (Lipinski definition) is 1. The maximum Gasteiger partial charge on any atom is 0.346 e. The molecule has 0 amide bonds. The van der Waals surface area contributed by atoms with E-state index in [9.17, 15) is 17.6 Å². The monoisotopic (exact) mass is 500 g/mol. The van der Waals surface area contributed by atoms with E-state index in [2.05, 4.69) is 9.62 Å². The van der Waals surface area contributed by atoms with Crippen LogP contribution in [0.5, 0.6) is 5.75 Å². The fraction of sp³-hybridized carbons (Fsp3) is 0.320. The molecule has 1 saturated heterocycles. The second-order valence-corrected chi connectivity index (χ2v) is 11.6. The molecule has 1 saturated carbocycles. The minimum atomic E-state index is -3.38. The van der Waals surface area contributed by atoms with Crippen molar-refractivity contribution in [3.05, 3.63) is 82.3 Å². The van der Waals surface area contributed by atoms with Gasteiger partial charge in [0.05, 0.1) is 23.5 Å². The number of carbonyl (C=O) groups is 1. The summed E-state index contributed by atoms with van der Waals surface area (Å²) >= 11 is 1.62. The summed E-state index contributed by atoms with van der Waals surface area (Å²) in [5, 5.41) is 1.64. The Morgan fingerprint density at radius 2 is 1.82 bits per heavy atom. The Morgan fingerprint density at radius 1 is 1.06 bits per heavy atom. The minimum Gasteiger partial charge on any atom is -0.423 e. The third kappa shape index (κ3) is 4.60. The fourth-order valence-corrected chi connectivity index (χ4v) is 7.66. The molecule has 0 spiro atoms. The zero-order chi connectivity index (χ0) is 23.7. The number of anilines is 1. The Balaban J connectivity index is 1.41. The molecule has 5 rings (SSSR count). The Kier molecular flexibility index (Phi) is 6.42. The smallest absolute Gasteiger partial charge is 0.346 e. The van der Waals surface area contributed by atoms with Crippen molar-refractivity contribution >= 4 is 33.0 Å². The van der Waals surface area contributed by atoms with Crippen molar-refractivity contribution < 1.29 is 22.3 Å². The number of halogens is 1. The summed E-state index contributed by atoms with van der Waals surface area (Å²) < 4.78 is 47.9. The molecule has 178 valence electrons. The molecule has 2 heterocycles. The van der Waals surface area contributed by atoms with Crippen molar-refractivity contribution in [2.75, 3.05) is 4.90 Å². The van der Waals surface area contributed by atoms with Gasteiger partial charge < -0.3 is 9.64 Å². The maximum absolute atomic E-state index is 13.9. The fourth-order valence-electron chi connectivity index (χ4n) is 4.92. The number of ether oxygens (including phenoxy) is 1. The Bertz CT molecular complexity index is 1260. The lowest BCUT2D eigenvalue weighted by Gasteiger charge is -2.36. The lowest BCUT2D eigenvalue weighted by atomic mass is 9.86. The molecule has 1 aliphatic carbocycles. The van der Waals surface area contributed by atoms with E-state index in [1.165, 1.54) is 18.2 Å². The van der Waals surface area contributed by atoms with Crippen molar-refractivity contribution in [2.24, 2.45) is 5.92 Å². The number of nitrogens with zero attached hydrogens (tertiary/aromatic N) is 1. The van der Waals surface area contributed by atoms with E-state index in [1.807, 2.05) is 29.6 Å². The lowest BCUT2D eigenvalue weighted by molar-refractivity contribution is 0.0730. The maximum atomic E-state index is 13.9. The molecule has 6 nitrogen and oxygen atoms in total. The predicted octanol–water partition coefficient (Wildman–Crippen LogP) is 4.93. The zero-order valence-electron chi connectivity index (χ0n) is 18.4. The topological polar surface area (TPSA) is 75.7 Å². The van der Waals surface area contributed by atoms with Gasteiger partial charge in [-0.25, -0.2) is 17.6 Å². The van der Waals surface area contributed by atoms with Crippen LogP contribution in [0.25, 0.3) is 0 Å². The van der Waals surface area contributed by atoms with Gasteiger partial charge in [0.2, 0.25) is 10.0 Å². The van der Waals surface area contributed by atoms with Crippen LogP contribution < -0.4 is 14.4 Å². The number of esters is 1. The Hall–Kier alpha value is -2.75. The molecule has 2 fully saturated rings. The van der Waals surface area contributed by atoms with Gasteiger partial charge in [0, 0.05) is 16.5 Å². The molecular weight excluding hydrogens is 475 g/mol. The molecule has 3 aromatic rings. The number of benzene rings is 2. The average Bonchev–Trinajstić information content (AvgIpc) is 3.44. The van der Waals surface area contributed by atoms with Crippen LogP contribution in [0.4, 0.5) is 10.1 Å². The van der Waals surface area contributed by atoms with Gasteiger partial charge in [-0.1, -0.05) is 31.0 Å². The van der Waals surface area contributed by atoms with Gasteiger partial charge in [-0.05, 0) is 60.7 Å². The van der Waals surface area contributed by atoms with Crippen LogP contribution in [-0.2, 0) is 16.6 Å². The van der Waals surface area contributed by atoms with E-state index in [0.29, 0.717) is 13.0 Å². The summed E-state index contributed by atoms with van der Waals surface area (Å²) in [5.74, 6) is -1.11. The van der Waals surface area contributed by atoms with Gasteiger partial charge in [0.25, 0.3) is 0 Å². The summed E-state index contributed by atoms with van der Waals surface area (Å²) in [4.78, 5) is 15.6. The van der Waals surface area contributed by atoms with Crippen LogP contribution in [0.15, 0.2) is 66.0 Å². The molecule has 3 unspecified atom stereocenters. The molecule has 34 heavy (non-hydrogen) atoms. The molecule has 1 aliphatic heterocycles. The summed E-state index contributed by atoms with van der Waals surface area (Å²) in [6, 6.07) is 16.6. The van der Waals surface area contributed by atoms with E-state index >= 15 is 0 Å². The van der Waals surface area contributed by atoms with Crippen LogP contribution >= 0.6 is 11.3 Å². The number of sulfonamides is 1. The number of rotatable bonds is 6. The van der Waals surface area contributed by atoms with Gasteiger partial charge in [-0.3, -0.25) is 0 Å². The number of nitrogens with one attached hydrogen (secondary N) is 1. The van der Waals surface area contributed by atoms with E-state index < -0.39 is 21.8 Å². The molecule has 3 atom stereocenters. The summed E-state index contributed by atoms with van der Waals surface area (Å²) in [6.45, 7) is 0.558. The zero-order valence-corrected chi connectivity index (χ0v) is 20.0. The van der Waals surface area contributed by atoms with E-state index in [4.69, 9.17) is 4.74 Å². The Morgan fingerprint density at radius 3 is 2.56 bits per heavy atom. The summed E-state index contributed by atoms with van der Waals surface area (Å²) in [5.41, 5.74) is 0.688. The summed E-state index contributed by atoms with van der Waals surface area (Å²) in [6.07, 6.45) is 3.16. The van der Waals surface area contributed by atoms with Crippen molar-refractivity contribution in [2.45, 2.75) is 43.6 Å². The highest BCUT2D eigenvalue weighted by Gasteiger charge is 2.49. The van der Waals surface area contributed by atoms with Crippen LogP contribution in [0.3, 0.4) is 0 Å². The predicted molar refractivity (Wildman–Crippen MR) is 130 cm³/mol. The molecule has 9 heteroatoms. The SMILES string of the molecule is O=C(Oc1ccc(N(Cc2cccs2)C2NS(=O)(=O)C3CCCCC23)cc1)c1ccccc1F. The molecular formula is C25H25FN2O4S2. The molecule has 0 radical (unpaired) electrons. The normalized spacial score (nSPS) is 23.3. The second kappa shape index (κ2) is 9.48. The first-order valence-corrected chi connectivity index (χ1v) is 13.7. The van der Waals surface area contributed by atoms with Gasteiger partial charge in [0.1, 0.15) is 11.6 Å². The van der Waals surface area contributed by atoms with Gasteiger partial charge in [0.15, 0.2) is 0 Å². The molecule has 1 N–H and O–H groups in total. The Labute approximate surface area is 202 Å². The highest BCUT2D eigenvalue weighted by atomic mass is 32.2. The van der Waals surface area contributed by atoms with Crippen LogP contribution in [0, 0.1) is 11.7 Å². The number of thiophene rings is 1. The highest BCUT2D eigenvalue weighted by molar-refractivity contribution is 7.90. The van der Waals surface area contributed by atoms with Crippen molar-refractivity contribution in [3.63, 3.8) is 0 Å². The second-order valence-electron chi connectivity index (χ2n) is 8.66. The van der Waals surface area contributed by atoms with Gasteiger partial charge in [-0.15, -0.1) is 11.3 Å². The van der Waals surface area contributed by atoms with Gasteiger partial charge in [-0.2, -0.15) is 4.72 Å². The highest BCUT2D eigenvalue weighted by Crippen LogP contribution is 2.40. The van der Waals surface area contributed by atoms with Crippen molar-refractivity contribution in [1.29, 1.82) is 0 Å². The van der Waals surface area contributed by atoms with Crippen LogP contribution in [0.2, 0.25) is 0 Å². The summed E-state index contributed by atoms with van der Waals surface area (Å²) in [7, 11) is -3.38. The minimum absolute atomic E-state index is 0.0114. The van der Waals surface area contributed by atoms with Gasteiger partial charge >= 0.3 is 5.97 Å². The first-order chi connectivity index (χ1) is 16.4.